The van der Waals surface area contributed by atoms with E-state index >= 15 is 0 Å². The molecule has 0 radical (unpaired) electrons. The number of piperazine rings is 1. The van der Waals surface area contributed by atoms with E-state index in [0.717, 1.165) is 30.3 Å². The van der Waals surface area contributed by atoms with Gasteiger partial charge in [0.25, 0.3) is 5.91 Å². The second-order valence-corrected chi connectivity index (χ2v) is 6.30. The van der Waals surface area contributed by atoms with Gasteiger partial charge in [-0.1, -0.05) is 24.8 Å². The van der Waals surface area contributed by atoms with Crippen molar-refractivity contribution in [3.05, 3.63) is 66.7 Å². The van der Waals surface area contributed by atoms with E-state index in [-0.39, 0.29) is 5.91 Å². The normalized spacial score (nSPS) is 14.0. The van der Waals surface area contributed by atoms with Crippen LogP contribution in [0, 0.1) is 0 Å². The summed E-state index contributed by atoms with van der Waals surface area (Å²) < 4.78 is 11.2. The standard InChI is InChI=1S/C22H26N2O3/c1-3-17-27-19-11-9-18(10-12-19)22(25)24-15-13-23(14-16-24)20-7-5-6-8-21(20)26-4-2/h3,5-12H,1,4,13-17H2,2H3. The third-order valence-electron chi connectivity index (χ3n) is 4.54. The third-order valence-corrected chi connectivity index (χ3v) is 4.54. The fourth-order valence-corrected chi connectivity index (χ4v) is 3.18. The minimum absolute atomic E-state index is 0.0583. The maximum absolute atomic E-state index is 12.8. The van der Waals surface area contributed by atoms with Crippen LogP contribution in [0.3, 0.4) is 0 Å². The summed E-state index contributed by atoms with van der Waals surface area (Å²) in [4.78, 5) is 16.9. The van der Waals surface area contributed by atoms with Gasteiger partial charge in [-0.2, -0.15) is 0 Å². The smallest absolute Gasteiger partial charge is 0.253 e. The molecule has 5 heteroatoms. The first-order valence-corrected chi connectivity index (χ1v) is 9.32. The van der Waals surface area contributed by atoms with Crippen LogP contribution >= 0.6 is 0 Å². The summed E-state index contributed by atoms with van der Waals surface area (Å²) in [6.07, 6.45) is 1.70. The van der Waals surface area contributed by atoms with Gasteiger partial charge in [0.05, 0.1) is 12.3 Å². The van der Waals surface area contributed by atoms with Crippen LogP contribution in [-0.2, 0) is 0 Å². The molecule has 1 aliphatic heterocycles. The number of ether oxygens (including phenoxy) is 2. The van der Waals surface area contributed by atoms with Crippen molar-refractivity contribution in [2.24, 2.45) is 0 Å². The monoisotopic (exact) mass is 366 g/mol. The highest BCUT2D eigenvalue weighted by Gasteiger charge is 2.23. The Bertz CT molecular complexity index is 765. The van der Waals surface area contributed by atoms with Crippen LogP contribution in [0.1, 0.15) is 17.3 Å². The number of carbonyl (C=O) groups excluding carboxylic acids is 1. The average molecular weight is 366 g/mol. The second-order valence-electron chi connectivity index (χ2n) is 6.30. The van der Waals surface area contributed by atoms with Crippen molar-refractivity contribution in [1.29, 1.82) is 0 Å². The second kappa shape index (κ2) is 9.12. The van der Waals surface area contributed by atoms with Gasteiger partial charge in [0.15, 0.2) is 0 Å². The quantitative estimate of drug-likeness (QED) is 0.702. The lowest BCUT2D eigenvalue weighted by Crippen LogP contribution is -2.48. The van der Waals surface area contributed by atoms with Crippen LogP contribution in [0.15, 0.2) is 61.2 Å². The maximum Gasteiger partial charge on any atom is 0.253 e. The van der Waals surface area contributed by atoms with E-state index in [1.165, 1.54) is 0 Å². The zero-order chi connectivity index (χ0) is 19.1. The van der Waals surface area contributed by atoms with Gasteiger partial charge in [-0.3, -0.25) is 4.79 Å². The molecular formula is C22H26N2O3. The van der Waals surface area contributed by atoms with Crippen LogP contribution in [0.4, 0.5) is 5.69 Å². The SMILES string of the molecule is C=CCOc1ccc(C(=O)N2CCN(c3ccccc3OCC)CC2)cc1. The van der Waals surface area contributed by atoms with Gasteiger partial charge in [0, 0.05) is 31.7 Å². The first-order valence-electron chi connectivity index (χ1n) is 9.32. The predicted molar refractivity (Wildman–Crippen MR) is 108 cm³/mol. The summed E-state index contributed by atoms with van der Waals surface area (Å²) in [6.45, 7) is 9.67. The lowest BCUT2D eigenvalue weighted by molar-refractivity contribution is 0.0746. The fraction of sp³-hybridized carbons (Fsp3) is 0.318. The minimum Gasteiger partial charge on any atom is -0.492 e. The van der Waals surface area contributed by atoms with E-state index in [9.17, 15) is 4.79 Å². The largest absolute Gasteiger partial charge is 0.492 e. The molecule has 142 valence electrons. The molecule has 5 nitrogen and oxygen atoms in total. The molecule has 0 bridgehead atoms. The number of rotatable bonds is 7. The van der Waals surface area contributed by atoms with E-state index < -0.39 is 0 Å². The van der Waals surface area contributed by atoms with Crippen molar-refractivity contribution < 1.29 is 14.3 Å². The van der Waals surface area contributed by atoms with Crippen LogP contribution in [-0.4, -0.2) is 50.2 Å². The molecule has 3 rings (SSSR count). The van der Waals surface area contributed by atoms with Gasteiger partial charge < -0.3 is 19.3 Å². The predicted octanol–water partition coefficient (Wildman–Crippen LogP) is 3.61. The lowest BCUT2D eigenvalue weighted by atomic mass is 10.1. The highest BCUT2D eigenvalue weighted by molar-refractivity contribution is 5.94. The third kappa shape index (κ3) is 4.61. The number of carbonyl (C=O) groups is 1. The highest BCUT2D eigenvalue weighted by Crippen LogP contribution is 2.29. The van der Waals surface area contributed by atoms with Crippen molar-refractivity contribution in [2.75, 3.05) is 44.3 Å². The molecule has 0 atom stereocenters. The van der Waals surface area contributed by atoms with E-state index in [0.29, 0.717) is 31.9 Å². The maximum atomic E-state index is 12.8. The molecule has 2 aromatic rings. The van der Waals surface area contributed by atoms with Crippen LogP contribution in [0.25, 0.3) is 0 Å². The highest BCUT2D eigenvalue weighted by atomic mass is 16.5. The summed E-state index contributed by atoms with van der Waals surface area (Å²) in [6, 6.07) is 15.4. The summed E-state index contributed by atoms with van der Waals surface area (Å²) in [5, 5.41) is 0. The Morgan fingerprint density at radius 3 is 2.41 bits per heavy atom. The van der Waals surface area contributed by atoms with Crippen LogP contribution in [0.2, 0.25) is 0 Å². The summed E-state index contributed by atoms with van der Waals surface area (Å²) >= 11 is 0. The van der Waals surface area contributed by atoms with Crippen LogP contribution in [0.5, 0.6) is 11.5 Å². The number of hydrogen-bond donors (Lipinski definition) is 0. The molecule has 27 heavy (non-hydrogen) atoms. The Balaban J connectivity index is 1.60. The summed E-state index contributed by atoms with van der Waals surface area (Å²) in [5.41, 5.74) is 1.78. The van der Waals surface area contributed by atoms with Crippen molar-refractivity contribution in [1.82, 2.24) is 4.90 Å². The Morgan fingerprint density at radius 1 is 1.04 bits per heavy atom. The van der Waals surface area contributed by atoms with E-state index in [2.05, 4.69) is 17.5 Å². The Labute approximate surface area is 160 Å². The summed E-state index contributed by atoms with van der Waals surface area (Å²) in [5.74, 6) is 1.70. The number of nitrogens with zero attached hydrogens (tertiary/aromatic N) is 2. The molecule has 0 spiro atoms. The molecule has 0 saturated carbocycles. The molecule has 0 aliphatic carbocycles. The average Bonchev–Trinajstić information content (AvgIpc) is 2.73. The molecule has 0 aromatic heterocycles. The first-order chi connectivity index (χ1) is 13.2. The van der Waals surface area contributed by atoms with Crippen LogP contribution < -0.4 is 14.4 Å². The van der Waals surface area contributed by atoms with Gasteiger partial charge in [0.1, 0.15) is 18.1 Å². The van der Waals surface area contributed by atoms with Crippen molar-refractivity contribution >= 4 is 11.6 Å². The Hall–Kier alpha value is -2.95. The lowest BCUT2D eigenvalue weighted by Gasteiger charge is -2.36. The molecule has 2 aromatic carbocycles. The van der Waals surface area contributed by atoms with Gasteiger partial charge in [-0.05, 0) is 43.3 Å². The van der Waals surface area contributed by atoms with Gasteiger partial charge in [-0.15, -0.1) is 0 Å². The number of hydrogen-bond acceptors (Lipinski definition) is 4. The molecular weight excluding hydrogens is 340 g/mol. The Morgan fingerprint density at radius 2 is 1.74 bits per heavy atom. The zero-order valence-corrected chi connectivity index (χ0v) is 15.8. The molecule has 1 amide bonds. The molecule has 1 saturated heterocycles. The molecule has 0 unspecified atom stereocenters. The number of anilines is 1. The van der Waals surface area contributed by atoms with E-state index in [4.69, 9.17) is 9.47 Å². The van der Waals surface area contributed by atoms with Gasteiger partial charge >= 0.3 is 0 Å². The van der Waals surface area contributed by atoms with E-state index in [1.54, 1.807) is 6.08 Å². The molecule has 0 N–H and O–H groups in total. The van der Waals surface area contributed by atoms with Gasteiger partial charge in [-0.25, -0.2) is 0 Å². The van der Waals surface area contributed by atoms with Gasteiger partial charge in [0.2, 0.25) is 0 Å². The topological polar surface area (TPSA) is 42.0 Å². The number of benzene rings is 2. The fourth-order valence-electron chi connectivity index (χ4n) is 3.18. The van der Waals surface area contributed by atoms with E-state index in [1.807, 2.05) is 54.3 Å². The minimum atomic E-state index is 0.0583. The Kier molecular flexibility index (Phi) is 6.36. The molecule has 1 fully saturated rings. The summed E-state index contributed by atoms with van der Waals surface area (Å²) in [7, 11) is 0. The molecule has 1 aliphatic rings. The van der Waals surface area contributed by atoms with Crippen molar-refractivity contribution in [2.45, 2.75) is 6.92 Å². The first kappa shape index (κ1) is 18.8. The zero-order valence-electron chi connectivity index (χ0n) is 15.8. The molecule has 1 heterocycles. The number of amides is 1. The van der Waals surface area contributed by atoms with Crippen molar-refractivity contribution in [3.8, 4) is 11.5 Å². The number of para-hydroxylation sites is 2. The van der Waals surface area contributed by atoms with Crippen molar-refractivity contribution in [3.63, 3.8) is 0 Å².